The lowest BCUT2D eigenvalue weighted by atomic mass is 10.0. The monoisotopic (exact) mass is 401 g/mol. The summed E-state index contributed by atoms with van der Waals surface area (Å²) in [5.41, 5.74) is 3.99. The summed E-state index contributed by atoms with van der Waals surface area (Å²) in [6, 6.07) is 18.0. The Morgan fingerprint density at radius 3 is 2.57 bits per heavy atom. The number of benzene rings is 2. The first-order valence-corrected chi connectivity index (χ1v) is 9.98. The Kier molecular flexibility index (Phi) is 5.48. The van der Waals surface area contributed by atoms with E-state index >= 15 is 0 Å². The smallest absolute Gasteiger partial charge is 0.258 e. The second-order valence-electron chi connectivity index (χ2n) is 7.49. The zero-order chi connectivity index (χ0) is 21.1. The fraction of sp³-hybridized carbons (Fsp3) is 0.208. The first-order chi connectivity index (χ1) is 14.5. The molecule has 30 heavy (non-hydrogen) atoms. The van der Waals surface area contributed by atoms with Crippen molar-refractivity contribution in [3.8, 4) is 0 Å². The van der Waals surface area contributed by atoms with E-state index in [9.17, 15) is 14.4 Å². The summed E-state index contributed by atoms with van der Waals surface area (Å²) in [4.78, 5) is 39.0. The number of pyridine rings is 1. The molecule has 0 spiro atoms. The Morgan fingerprint density at radius 1 is 1.00 bits per heavy atom. The maximum absolute atomic E-state index is 13.0. The molecule has 1 aliphatic heterocycles. The van der Waals surface area contributed by atoms with Gasteiger partial charge in [-0.1, -0.05) is 24.3 Å². The van der Waals surface area contributed by atoms with E-state index in [0.717, 1.165) is 24.1 Å². The van der Waals surface area contributed by atoms with Gasteiger partial charge < -0.3 is 14.8 Å². The van der Waals surface area contributed by atoms with E-state index in [1.165, 1.54) is 16.2 Å². The van der Waals surface area contributed by atoms with E-state index < -0.39 is 0 Å². The van der Waals surface area contributed by atoms with Crippen molar-refractivity contribution in [3.05, 3.63) is 93.9 Å². The minimum atomic E-state index is -0.299. The van der Waals surface area contributed by atoms with Crippen LogP contribution in [-0.4, -0.2) is 22.9 Å². The van der Waals surface area contributed by atoms with E-state index in [1.807, 2.05) is 30.0 Å². The third-order valence-electron chi connectivity index (χ3n) is 5.22. The van der Waals surface area contributed by atoms with E-state index in [2.05, 4.69) is 11.4 Å². The quantitative estimate of drug-likeness (QED) is 0.728. The van der Waals surface area contributed by atoms with Gasteiger partial charge in [-0.05, 0) is 61.2 Å². The molecular formula is C24H23N3O3. The molecule has 0 bridgehead atoms. The van der Waals surface area contributed by atoms with Crippen LogP contribution in [0.2, 0.25) is 0 Å². The van der Waals surface area contributed by atoms with Crippen LogP contribution in [0, 0.1) is 6.92 Å². The fourth-order valence-electron chi connectivity index (χ4n) is 3.73. The fourth-order valence-corrected chi connectivity index (χ4v) is 3.73. The van der Waals surface area contributed by atoms with Crippen LogP contribution in [0.3, 0.4) is 0 Å². The molecule has 3 aromatic rings. The molecule has 0 atom stereocenters. The Morgan fingerprint density at radius 2 is 1.77 bits per heavy atom. The van der Waals surface area contributed by atoms with Gasteiger partial charge in [-0.25, -0.2) is 0 Å². The zero-order valence-electron chi connectivity index (χ0n) is 16.8. The number of nitrogens with one attached hydrogen (secondary N) is 1. The van der Waals surface area contributed by atoms with Crippen LogP contribution < -0.4 is 15.8 Å². The number of carbonyl (C=O) groups excluding carboxylic acids is 2. The highest BCUT2D eigenvalue weighted by Crippen LogP contribution is 2.28. The van der Waals surface area contributed by atoms with Gasteiger partial charge in [0, 0.05) is 35.7 Å². The zero-order valence-corrected chi connectivity index (χ0v) is 16.8. The predicted molar refractivity (Wildman–Crippen MR) is 117 cm³/mol. The van der Waals surface area contributed by atoms with Gasteiger partial charge in [-0.2, -0.15) is 0 Å². The molecule has 0 saturated carbocycles. The number of carbonyl (C=O) groups is 2. The highest BCUT2D eigenvalue weighted by atomic mass is 16.2. The second-order valence-corrected chi connectivity index (χ2v) is 7.49. The second kappa shape index (κ2) is 8.37. The van der Waals surface area contributed by atoms with Gasteiger partial charge in [-0.3, -0.25) is 14.4 Å². The number of para-hydroxylation sites is 1. The SMILES string of the molecule is Cc1ccc(=O)n(CC(=O)Nc2ccc(C(=O)N3CCCc4ccccc43)cc2)c1. The van der Waals surface area contributed by atoms with Crippen molar-refractivity contribution in [2.24, 2.45) is 0 Å². The molecule has 0 unspecified atom stereocenters. The molecule has 0 fully saturated rings. The van der Waals surface area contributed by atoms with Crippen molar-refractivity contribution in [2.75, 3.05) is 16.8 Å². The molecule has 0 radical (unpaired) electrons. The number of nitrogens with zero attached hydrogens (tertiary/aromatic N) is 2. The number of rotatable bonds is 4. The molecule has 0 aliphatic carbocycles. The van der Waals surface area contributed by atoms with Crippen molar-refractivity contribution >= 4 is 23.2 Å². The Bertz CT molecular complexity index is 1150. The largest absolute Gasteiger partial charge is 0.325 e. The topological polar surface area (TPSA) is 71.4 Å². The number of fused-ring (bicyclic) bond motifs is 1. The number of hydrogen-bond acceptors (Lipinski definition) is 3. The minimum Gasteiger partial charge on any atom is -0.325 e. The average molecular weight is 401 g/mol. The van der Waals surface area contributed by atoms with Gasteiger partial charge in [0.2, 0.25) is 5.91 Å². The number of anilines is 2. The molecule has 6 heteroatoms. The molecule has 152 valence electrons. The van der Waals surface area contributed by atoms with Crippen molar-refractivity contribution in [1.82, 2.24) is 4.57 Å². The molecule has 0 saturated heterocycles. The van der Waals surface area contributed by atoms with Crippen molar-refractivity contribution < 1.29 is 9.59 Å². The van der Waals surface area contributed by atoms with Gasteiger partial charge in [0.05, 0.1) is 0 Å². The third kappa shape index (κ3) is 4.17. The molecule has 6 nitrogen and oxygen atoms in total. The number of aryl methyl sites for hydroxylation is 2. The summed E-state index contributed by atoms with van der Waals surface area (Å²) in [6.45, 7) is 2.50. The molecular weight excluding hydrogens is 378 g/mol. The third-order valence-corrected chi connectivity index (χ3v) is 5.22. The van der Waals surface area contributed by atoms with Crippen molar-refractivity contribution in [3.63, 3.8) is 0 Å². The molecule has 2 aromatic carbocycles. The lowest BCUT2D eigenvalue weighted by Crippen LogP contribution is -2.35. The summed E-state index contributed by atoms with van der Waals surface area (Å²) in [7, 11) is 0. The predicted octanol–water partition coefficient (Wildman–Crippen LogP) is 3.39. The summed E-state index contributed by atoms with van der Waals surface area (Å²) in [5, 5.41) is 2.77. The molecule has 1 aromatic heterocycles. The maximum atomic E-state index is 13.0. The van der Waals surface area contributed by atoms with Gasteiger partial charge in [0.15, 0.2) is 0 Å². The molecule has 1 aliphatic rings. The highest BCUT2D eigenvalue weighted by molar-refractivity contribution is 6.07. The van der Waals surface area contributed by atoms with Gasteiger partial charge in [0.25, 0.3) is 11.5 Å². The molecule has 2 heterocycles. The van der Waals surface area contributed by atoms with Crippen LogP contribution >= 0.6 is 0 Å². The Balaban J connectivity index is 1.44. The van der Waals surface area contributed by atoms with Crippen LogP contribution in [0.1, 0.15) is 27.9 Å². The summed E-state index contributed by atoms with van der Waals surface area (Å²) in [5.74, 6) is -0.349. The normalized spacial score (nSPS) is 12.9. The van der Waals surface area contributed by atoms with Gasteiger partial charge in [-0.15, -0.1) is 0 Å². The number of aromatic nitrogens is 1. The minimum absolute atomic E-state index is 0.0497. The Hall–Kier alpha value is -3.67. The van der Waals surface area contributed by atoms with Gasteiger partial charge >= 0.3 is 0 Å². The molecule has 1 N–H and O–H groups in total. The lowest BCUT2D eigenvalue weighted by Gasteiger charge is -2.29. The molecule has 4 rings (SSSR count). The van der Waals surface area contributed by atoms with E-state index in [1.54, 1.807) is 36.5 Å². The first-order valence-electron chi connectivity index (χ1n) is 9.98. The summed E-state index contributed by atoms with van der Waals surface area (Å²) < 4.78 is 1.37. The van der Waals surface area contributed by atoms with Crippen LogP contribution in [-0.2, 0) is 17.8 Å². The van der Waals surface area contributed by atoms with E-state index in [-0.39, 0.29) is 23.9 Å². The number of amides is 2. The lowest BCUT2D eigenvalue weighted by molar-refractivity contribution is -0.116. The van der Waals surface area contributed by atoms with Crippen molar-refractivity contribution in [2.45, 2.75) is 26.3 Å². The van der Waals surface area contributed by atoms with E-state index in [0.29, 0.717) is 17.8 Å². The highest BCUT2D eigenvalue weighted by Gasteiger charge is 2.23. The average Bonchev–Trinajstić information content (AvgIpc) is 2.76. The Labute approximate surface area is 174 Å². The maximum Gasteiger partial charge on any atom is 0.258 e. The van der Waals surface area contributed by atoms with E-state index in [4.69, 9.17) is 0 Å². The summed E-state index contributed by atoms with van der Waals surface area (Å²) >= 11 is 0. The number of hydrogen-bond donors (Lipinski definition) is 1. The standard InChI is InChI=1S/C24H23N3O3/c1-17-8-13-23(29)26(15-17)16-22(28)25-20-11-9-19(10-12-20)24(30)27-14-4-6-18-5-2-3-7-21(18)27/h2-3,5,7-13,15H,4,6,14,16H2,1H3,(H,25,28). The van der Waals surface area contributed by atoms with Crippen LogP contribution in [0.25, 0.3) is 0 Å². The van der Waals surface area contributed by atoms with Crippen LogP contribution in [0.4, 0.5) is 11.4 Å². The van der Waals surface area contributed by atoms with Crippen LogP contribution in [0.15, 0.2) is 71.7 Å². The van der Waals surface area contributed by atoms with Gasteiger partial charge in [0.1, 0.15) is 6.54 Å². The first kappa shape index (κ1) is 19.6. The van der Waals surface area contributed by atoms with Crippen molar-refractivity contribution in [1.29, 1.82) is 0 Å². The summed E-state index contributed by atoms with van der Waals surface area (Å²) in [6.07, 6.45) is 3.57. The molecule has 2 amide bonds. The van der Waals surface area contributed by atoms with Crippen LogP contribution in [0.5, 0.6) is 0 Å².